The molecule has 0 saturated carbocycles. The van der Waals surface area contributed by atoms with Crippen LogP contribution in [0.25, 0.3) is 0 Å². The molecule has 0 heterocycles. The highest BCUT2D eigenvalue weighted by Crippen LogP contribution is 2.25. The van der Waals surface area contributed by atoms with Crippen LogP contribution in [-0.4, -0.2) is 8.42 Å². The van der Waals surface area contributed by atoms with Crippen LogP contribution in [0.4, 0.5) is 10.1 Å². The first-order valence-corrected chi connectivity index (χ1v) is 7.54. The fourth-order valence-electron chi connectivity index (χ4n) is 1.63. The number of hydrogen-bond acceptors (Lipinski definition) is 3. The van der Waals surface area contributed by atoms with Crippen molar-refractivity contribution in [2.75, 3.05) is 5.73 Å². The van der Waals surface area contributed by atoms with E-state index in [2.05, 4.69) is 4.72 Å². The molecule has 7 heteroatoms. The van der Waals surface area contributed by atoms with Crippen LogP contribution in [0.15, 0.2) is 47.4 Å². The molecular weight excluding hydrogens is 303 g/mol. The smallest absolute Gasteiger partial charge is 0.243 e. The molecule has 0 aromatic heterocycles. The SMILES string of the molecule is Nc1cc(Cl)cc(S(=O)(=O)NCc2ccccc2)c1F. The molecule has 0 atom stereocenters. The molecule has 0 saturated heterocycles. The Morgan fingerprint density at radius 2 is 1.85 bits per heavy atom. The first-order chi connectivity index (χ1) is 9.40. The van der Waals surface area contributed by atoms with Gasteiger partial charge >= 0.3 is 0 Å². The zero-order valence-corrected chi connectivity index (χ0v) is 11.9. The lowest BCUT2D eigenvalue weighted by atomic mass is 10.2. The van der Waals surface area contributed by atoms with Gasteiger partial charge in [-0.25, -0.2) is 17.5 Å². The summed E-state index contributed by atoms with van der Waals surface area (Å²) in [6.45, 7) is 0.0506. The molecule has 0 radical (unpaired) electrons. The van der Waals surface area contributed by atoms with Gasteiger partial charge in [-0.15, -0.1) is 0 Å². The topological polar surface area (TPSA) is 72.2 Å². The Bertz CT molecular complexity index is 721. The standard InChI is InChI=1S/C13H12ClFN2O2S/c14-10-6-11(16)13(15)12(7-10)20(18,19)17-8-9-4-2-1-3-5-9/h1-7,17H,8,16H2. The maximum absolute atomic E-state index is 13.8. The maximum atomic E-state index is 13.8. The van der Waals surface area contributed by atoms with Crippen molar-refractivity contribution in [3.05, 3.63) is 58.9 Å². The van der Waals surface area contributed by atoms with Gasteiger partial charge in [0.15, 0.2) is 5.82 Å². The molecule has 4 nitrogen and oxygen atoms in total. The first kappa shape index (κ1) is 14.8. The molecule has 3 N–H and O–H groups in total. The van der Waals surface area contributed by atoms with Crippen LogP contribution in [0, 0.1) is 5.82 Å². The summed E-state index contributed by atoms with van der Waals surface area (Å²) in [5.41, 5.74) is 5.82. The van der Waals surface area contributed by atoms with Crippen molar-refractivity contribution in [3.8, 4) is 0 Å². The first-order valence-electron chi connectivity index (χ1n) is 5.68. The number of halogens is 2. The predicted molar refractivity (Wildman–Crippen MR) is 76.3 cm³/mol. The molecule has 0 unspecified atom stereocenters. The van der Waals surface area contributed by atoms with Gasteiger partial charge in [-0.3, -0.25) is 0 Å². The number of rotatable bonds is 4. The van der Waals surface area contributed by atoms with Gasteiger partial charge in [0.25, 0.3) is 0 Å². The van der Waals surface area contributed by atoms with Gasteiger partial charge in [0.2, 0.25) is 10.0 Å². The van der Waals surface area contributed by atoms with E-state index in [-0.39, 0.29) is 17.3 Å². The molecule has 0 fully saturated rings. The number of nitrogen functional groups attached to an aromatic ring is 1. The molecular formula is C13H12ClFN2O2S. The lowest BCUT2D eigenvalue weighted by Crippen LogP contribution is -2.24. The van der Waals surface area contributed by atoms with Crippen molar-refractivity contribution >= 4 is 27.3 Å². The molecule has 0 aliphatic carbocycles. The van der Waals surface area contributed by atoms with Crippen LogP contribution < -0.4 is 10.5 Å². The number of sulfonamides is 1. The van der Waals surface area contributed by atoms with E-state index in [1.165, 1.54) is 0 Å². The number of hydrogen-bond donors (Lipinski definition) is 2. The zero-order chi connectivity index (χ0) is 14.8. The van der Waals surface area contributed by atoms with Crippen LogP contribution in [0.5, 0.6) is 0 Å². The second-order valence-corrected chi connectivity index (χ2v) is 6.29. The molecule has 2 aromatic rings. The summed E-state index contributed by atoms with van der Waals surface area (Å²) >= 11 is 5.71. The Labute approximate surface area is 121 Å². The normalized spacial score (nSPS) is 11.5. The molecule has 20 heavy (non-hydrogen) atoms. The third-order valence-electron chi connectivity index (χ3n) is 2.63. The highest BCUT2D eigenvalue weighted by molar-refractivity contribution is 7.89. The van der Waals surface area contributed by atoms with Gasteiger partial charge in [0.1, 0.15) is 4.90 Å². The largest absolute Gasteiger partial charge is 0.396 e. The Balaban J connectivity index is 2.27. The molecule has 2 rings (SSSR count). The van der Waals surface area contributed by atoms with E-state index in [1.54, 1.807) is 24.3 Å². The summed E-state index contributed by atoms with van der Waals surface area (Å²) in [5, 5.41) is 0.0592. The predicted octanol–water partition coefficient (Wildman–Crippen LogP) is 2.54. The molecule has 0 amide bonds. The van der Waals surface area contributed by atoms with E-state index in [0.29, 0.717) is 0 Å². The van der Waals surface area contributed by atoms with Crippen LogP contribution in [0.3, 0.4) is 0 Å². The van der Waals surface area contributed by atoms with Crippen LogP contribution in [0.2, 0.25) is 5.02 Å². The van der Waals surface area contributed by atoms with E-state index < -0.39 is 20.7 Å². The maximum Gasteiger partial charge on any atom is 0.243 e. The van der Waals surface area contributed by atoms with E-state index in [4.69, 9.17) is 17.3 Å². The Morgan fingerprint density at radius 1 is 1.20 bits per heavy atom. The average molecular weight is 315 g/mol. The van der Waals surface area contributed by atoms with Crippen LogP contribution in [0.1, 0.15) is 5.56 Å². The summed E-state index contributed by atoms with van der Waals surface area (Å²) < 4.78 is 40.2. The van der Waals surface area contributed by atoms with Gasteiger partial charge in [-0.1, -0.05) is 41.9 Å². The monoisotopic (exact) mass is 314 g/mol. The molecule has 0 aliphatic heterocycles. The minimum absolute atomic E-state index is 0.0506. The van der Waals surface area contributed by atoms with Gasteiger partial charge in [-0.05, 0) is 17.7 Å². The second-order valence-electron chi connectivity index (χ2n) is 4.12. The van der Waals surface area contributed by atoms with Crippen LogP contribution >= 0.6 is 11.6 Å². The molecule has 0 spiro atoms. The highest BCUT2D eigenvalue weighted by Gasteiger charge is 2.21. The minimum atomic E-state index is -4.02. The van der Waals surface area contributed by atoms with Crippen molar-refractivity contribution in [2.45, 2.75) is 11.4 Å². The van der Waals surface area contributed by atoms with Crippen molar-refractivity contribution in [3.63, 3.8) is 0 Å². The number of nitrogens with one attached hydrogen (secondary N) is 1. The fourth-order valence-corrected chi connectivity index (χ4v) is 3.07. The summed E-state index contributed by atoms with van der Waals surface area (Å²) in [6.07, 6.45) is 0. The second kappa shape index (κ2) is 5.78. The summed E-state index contributed by atoms with van der Waals surface area (Å²) in [6, 6.07) is 11.1. The lowest BCUT2D eigenvalue weighted by Gasteiger charge is -2.09. The highest BCUT2D eigenvalue weighted by atomic mass is 35.5. The third-order valence-corrected chi connectivity index (χ3v) is 4.25. The number of nitrogens with two attached hydrogens (primary N) is 1. The lowest BCUT2D eigenvalue weighted by molar-refractivity contribution is 0.558. The van der Waals surface area contributed by atoms with Crippen LogP contribution in [-0.2, 0) is 16.6 Å². The Morgan fingerprint density at radius 3 is 2.50 bits per heavy atom. The van der Waals surface area contributed by atoms with E-state index in [0.717, 1.165) is 17.7 Å². The summed E-state index contributed by atoms with van der Waals surface area (Å²) in [5.74, 6) is -1.00. The zero-order valence-electron chi connectivity index (χ0n) is 10.3. The van der Waals surface area contributed by atoms with Crippen molar-refractivity contribution in [1.82, 2.24) is 4.72 Å². The number of anilines is 1. The van der Waals surface area contributed by atoms with Gasteiger partial charge in [-0.2, -0.15) is 0 Å². The van der Waals surface area contributed by atoms with Crippen molar-refractivity contribution in [1.29, 1.82) is 0 Å². The Hall–Kier alpha value is -1.63. The molecule has 106 valence electrons. The van der Waals surface area contributed by atoms with Crippen molar-refractivity contribution < 1.29 is 12.8 Å². The average Bonchev–Trinajstić information content (AvgIpc) is 2.42. The molecule has 2 aromatic carbocycles. The quantitative estimate of drug-likeness (QED) is 0.852. The molecule has 0 aliphatic rings. The fraction of sp³-hybridized carbons (Fsp3) is 0.0769. The van der Waals surface area contributed by atoms with E-state index in [9.17, 15) is 12.8 Å². The van der Waals surface area contributed by atoms with Gasteiger partial charge in [0, 0.05) is 11.6 Å². The van der Waals surface area contributed by atoms with Crippen molar-refractivity contribution in [2.24, 2.45) is 0 Å². The van der Waals surface area contributed by atoms with Gasteiger partial charge in [0.05, 0.1) is 5.69 Å². The minimum Gasteiger partial charge on any atom is -0.396 e. The summed E-state index contributed by atoms with van der Waals surface area (Å²) in [7, 11) is -4.02. The third kappa shape index (κ3) is 3.27. The Kier molecular flexibility index (Phi) is 4.27. The summed E-state index contributed by atoms with van der Waals surface area (Å²) in [4.78, 5) is -0.557. The van der Waals surface area contributed by atoms with Gasteiger partial charge < -0.3 is 5.73 Å². The number of benzene rings is 2. The van der Waals surface area contributed by atoms with E-state index in [1.807, 2.05) is 6.07 Å². The van der Waals surface area contributed by atoms with E-state index >= 15 is 0 Å². The molecule has 0 bridgehead atoms.